The Morgan fingerprint density at radius 1 is 1.20 bits per heavy atom. The maximum absolute atomic E-state index is 9.16. The first-order chi connectivity index (χ1) is 7.16. The molecule has 0 atom stereocenters. The van der Waals surface area contributed by atoms with E-state index >= 15 is 0 Å². The van der Waals surface area contributed by atoms with Gasteiger partial charge in [0.15, 0.2) is 0 Å². The van der Waals surface area contributed by atoms with E-state index in [1.807, 2.05) is 25.1 Å². The molecule has 3 N–H and O–H groups in total. The lowest BCUT2D eigenvalue weighted by atomic mass is 10.1. The normalized spacial score (nSPS) is 10.2. The molecule has 0 aliphatic carbocycles. The molecule has 3 heteroatoms. The molecule has 76 valence electrons. The van der Waals surface area contributed by atoms with Crippen molar-refractivity contribution < 1.29 is 5.11 Å². The Balaban J connectivity index is 2.45. The lowest BCUT2D eigenvalue weighted by Gasteiger charge is -2.04. The monoisotopic (exact) mass is 200 g/mol. The summed E-state index contributed by atoms with van der Waals surface area (Å²) in [6.07, 6.45) is 1.65. The molecule has 0 fully saturated rings. The molecule has 0 aliphatic rings. The number of aryl methyl sites for hydroxylation is 1. The number of nitrogens with two attached hydrogens (primary N) is 1. The molecule has 1 aromatic carbocycles. The molecule has 2 rings (SSSR count). The fraction of sp³-hybridized carbons (Fsp3) is 0.0833. The van der Waals surface area contributed by atoms with Crippen LogP contribution in [0.15, 0.2) is 36.5 Å². The molecule has 0 saturated carbocycles. The van der Waals surface area contributed by atoms with Crippen molar-refractivity contribution in [3.05, 3.63) is 42.1 Å². The van der Waals surface area contributed by atoms with E-state index < -0.39 is 0 Å². The Kier molecular flexibility index (Phi) is 2.29. The van der Waals surface area contributed by atoms with Gasteiger partial charge in [0, 0.05) is 5.56 Å². The summed E-state index contributed by atoms with van der Waals surface area (Å²) in [5, 5.41) is 9.16. The van der Waals surface area contributed by atoms with Gasteiger partial charge in [0.2, 0.25) is 0 Å². The minimum absolute atomic E-state index is 0.255. The predicted molar refractivity (Wildman–Crippen MR) is 60.5 cm³/mol. The zero-order valence-corrected chi connectivity index (χ0v) is 8.44. The van der Waals surface area contributed by atoms with Gasteiger partial charge >= 0.3 is 0 Å². The van der Waals surface area contributed by atoms with Gasteiger partial charge in [-0.1, -0.05) is 0 Å². The molecule has 0 unspecified atom stereocenters. The first-order valence-corrected chi connectivity index (χ1v) is 4.68. The standard InChI is InChI=1S/C12H12N2O/c1-8-6-12(14-7-11(8)13)9-2-4-10(15)5-3-9/h2-7,15H,13H2,1H3. The number of phenols is 1. The maximum Gasteiger partial charge on any atom is 0.115 e. The van der Waals surface area contributed by atoms with Crippen molar-refractivity contribution in [3.63, 3.8) is 0 Å². The topological polar surface area (TPSA) is 59.1 Å². The predicted octanol–water partition coefficient (Wildman–Crippen LogP) is 2.34. The van der Waals surface area contributed by atoms with Gasteiger partial charge in [0.05, 0.1) is 17.6 Å². The summed E-state index contributed by atoms with van der Waals surface area (Å²) >= 11 is 0. The second-order valence-corrected chi connectivity index (χ2v) is 3.47. The summed E-state index contributed by atoms with van der Waals surface area (Å²) in [6.45, 7) is 1.95. The lowest BCUT2D eigenvalue weighted by Crippen LogP contribution is -1.92. The number of pyridine rings is 1. The van der Waals surface area contributed by atoms with Crippen molar-refractivity contribution in [2.75, 3.05) is 5.73 Å². The quantitative estimate of drug-likeness (QED) is 0.742. The molecule has 0 radical (unpaired) electrons. The molecule has 2 aromatic rings. The smallest absolute Gasteiger partial charge is 0.115 e. The Morgan fingerprint density at radius 3 is 2.47 bits per heavy atom. The molecule has 0 bridgehead atoms. The molecule has 0 amide bonds. The van der Waals surface area contributed by atoms with Crippen LogP contribution in [0.3, 0.4) is 0 Å². The third-order valence-electron chi connectivity index (χ3n) is 2.31. The van der Waals surface area contributed by atoms with Crippen LogP contribution in [-0.2, 0) is 0 Å². The van der Waals surface area contributed by atoms with Gasteiger partial charge in [-0.05, 0) is 42.8 Å². The Labute approximate surface area is 88.2 Å². The van der Waals surface area contributed by atoms with Crippen LogP contribution in [0.5, 0.6) is 5.75 Å². The Hall–Kier alpha value is -2.03. The van der Waals surface area contributed by atoms with Crippen molar-refractivity contribution in [2.45, 2.75) is 6.92 Å². The number of nitrogen functional groups attached to an aromatic ring is 1. The Morgan fingerprint density at radius 2 is 1.87 bits per heavy atom. The number of anilines is 1. The summed E-state index contributed by atoms with van der Waals surface area (Å²) in [6, 6.07) is 8.87. The molecule has 0 saturated heterocycles. The molecule has 1 heterocycles. The van der Waals surface area contributed by atoms with Crippen molar-refractivity contribution in [3.8, 4) is 17.0 Å². The highest BCUT2D eigenvalue weighted by Gasteiger charge is 2.01. The van der Waals surface area contributed by atoms with Gasteiger partial charge in [-0.25, -0.2) is 0 Å². The highest BCUT2D eigenvalue weighted by molar-refractivity contribution is 5.63. The Bertz CT molecular complexity index is 477. The molecular weight excluding hydrogens is 188 g/mol. The highest BCUT2D eigenvalue weighted by Crippen LogP contribution is 2.22. The fourth-order valence-corrected chi connectivity index (χ4v) is 1.36. The zero-order chi connectivity index (χ0) is 10.8. The van der Waals surface area contributed by atoms with Gasteiger partial charge < -0.3 is 10.8 Å². The minimum atomic E-state index is 0.255. The van der Waals surface area contributed by atoms with Crippen molar-refractivity contribution in [2.24, 2.45) is 0 Å². The second kappa shape index (κ2) is 3.61. The molecule has 15 heavy (non-hydrogen) atoms. The van der Waals surface area contributed by atoms with Crippen molar-refractivity contribution in [1.82, 2.24) is 4.98 Å². The van der Waals surface area contributed by atoms with Gasteiger partial charge in [-0.3, -0.25) is 4.98 Å². The SMILES string of the molecule is Cc1cc(-c2ccc(O)cc2)ncc1N. The van der Waals surface area contributed by atoms with Gasteiger partial charge in [0.25, 0.3) is 0 Å². The molecule has 0 aliphatic heterocycles. The van der Waals surface area contributed by atoms with E-state index in [2.05, 4.69) is 4.98 Å². The number of benzene rings is 1. The highest BCUT2D eigenvalue weighted by atomic mass is 16.3. The van der Waals surface area contributed by atoms with Crippen LogP contribution in [0.1, 0.15) is 5.56 Å². The third kappa shape index (κ3) is 1.91. The fourth-order valence-electron chi connectivity index (χ4n) is 1.36. The summed E-state index contributed by atoms with van der Waals surface area (Å²) in [7, 11) is 0. The van der Waals surface area contributed by atoms with Crippen LogP contribution in [0.25, 0.3) is 11.3 Å². The van der Waals surface area contributed by atoms with E-state index in [9.17, 15) is 0 Å². The average Bonchev–Trinajstić information content (AvgIpc) is 2.23. The third-order valence-corrected chi connectivity index (χ3v) is 2.31. The van der Waals surface area contributed by atoms with Crippen LogP contribution in [0.4, 0.5) is 5.69 Å². The van der Waals surface area contributed by atoms with E-state index in [1.165, 1.54) is 0 Å². The van der Waals surface area contributed by atoms with Gasteiger partial charge in [-0.15, -0.1) is 0 Å². The summed E-state index contributed by atoms with van der Waals surface area (Å²) in [5.74, 6) is 0.255. The number of hydrogen-bond acceptors (Lipinski definition) is 3. The molecule has 1 aromatic heterocycles. The first kappa shape index (κ1) is 9.52. The number of rotatable bonds is 1. The number of aromatic hydroxyl groups is 1. The average molecular weight is 200 g/mol. The van der Waals surface area contributed by atoms with Crippen molar-refractivity contribution >= 4 is 5.69 Å². The van der Waals surface area contributed by atoms with Crippen LogP contribution < -0.4 is 5.73 Å². The first-order valence-electron chi connectivity index (χ1n) is 4.68. The molecular formula is C12H12N2O. The van der Waals surface area contributed by atoms with Crippen LogP contribution in [0.2, 0.25) is 0 Å². The van der Waals surface area contributed by atoms with E-state index in [4.69, 9.17) is 10.8 Å². The summed E-state index contributed by atoms with van der Waals surface area (Å²) in [5.41, 5.74) is 9.22. The second-order valence-electron chi connectivity index (χ2n) is 3.47. The molecule has 3 nitrogen and oxygen atoms in total. The van der Waals surface area contributed by atoms with Gasteiger partial charge in [0.1, 0.15) is 5.75 Å². The van der Waals surface area contributed by atoms with Gasteiger partial charge in [-0.2, -0.15) is 0 Å². The summed E-state index contributed by atoms with van der Waals surface area (Å²) < 4.78 is 0. The van der Waals surface area contributed by atoms with Crippen LogP contribution in [-0.4, -0.2) is 10.1 Å². The van der Waals surface area contributed by atoms with Crippen molar-refractivity contribution in [1.29, 1.82) is 0 Å². The zero-order valence-electron chi connectivity index (χ0n) is 8.44. The van der Waals surface area contributed by atoms with Crippen LogP contribution >= 0.6 is 0 Å². The number of phenolic OH excluding ortho intramolecular Hbond substituents is 1. The summed E-state index contributed by atoms with van der Waals surface area (Å²) in [4.78, 5) is 4.23. The van der Waals surface area contributed by atoms with E-state index in [0.717, 1.165) is 16.8 Å². The number of hydrogen-bond donors (Lipinski definition) is 2. The van der Waals surface area contributed by atoms with E-state index in [0.29, 0.717) is 5.69 Å². The lowest BCUT2D eigenvalue weighted by molar-refractivity contribution is 0.475. The molecule has 0 spiro atoms. The largest absolute Gasteiger partial charge is 0.508 e. The minimum Gasteiger partial charge on any atom is -0.508 e. The number of aromatic nitrogens is 1. The van der Waals surface area contributed by atoms with E-state index in [1.54, 1.807) is 18.3 Å². The van der Waals surface area contributed by atoms with Crippen LogP contribution in [0, 0.1) is 6.92 Å². The van der Waals surface area contributed by atoms with E-state index in [-0.39, 0.29) is 5.75 Å². The number of nitrogens with zero attached hydrogens (tertiary/aromatic N) is 1. The maximum atomic E-state index is 9.16.